The molecule has 0 amide bonds. The smallest absolute Gasteiger partial charge is 0.174 e. The first-order valence-electron chi connectivity index (χ1n) is 6.19. The van der Waals surface area contributed by atoms with Gasteiger partial charge in [0.1, 0.15) is 16.6 Å². The third-order valence-corrected chi connectivity index (χ3v) is 4.18. The predicted octanol–water partition coefficient (Wildman–Crippen LogP) is 2.69. The Balaban J connectivity index is 2.32. The van der Waals surface area contributed by atoms with E-state index in [0.717, 1.165) is 5.56 Å². The maximum Gasteiger partial charge on any atom is 0.174 e. The van der Waals surface area contributed by atoms with Crippen molar-refractivity contribution < 1.29 is 4.79 Å². The van der Waals surface area contributed by atoms with Gasteiger partial charge in [-0.2, -0.15) is 10.4 Å². The van der Waals surface area contributed by atoms with E-state index in [1.807, 2.05) is 6.92 Å². The minimum atomic E-state index is -0.0481. The number of nitrogens with zero attached hydrogens (tertiary/aromatic N) is 2. The number of nitrogens with two attached hydrogens (primary N) is 1. The van der Waals surface area contributed by atoms with Crippen molar-refractivity contribution in [1.82, 2.24) is 10.2 Å². The summed E-state index contributed by atoms with van der Waals surface area (Å²) < 4.78 is 0. The molecule has 0 bridgehead atoms. The van der Waals surface area contributed by atoms with Gasteiger partial charge in [-0.25, -0.2) is 0 Å². The maximum atomic E-state index is 11.8. The Hall–Kier alpha value is -2.33. The van der Waals surface area contributed by atoms with Gasteiger partial charge in [0, 0.05) is 18.2 Å². The van der Waals surface area contributed by atoms with Crippen molar-refractivity contribution in [2.75, 3.05) is 11.1 Å². The molecule has 104 valence electrons. The Morgan fingerprint density at radius 2 is 2.45 bits per heavy atom. The van der Waals surface area contributed by atoms with E-state index < -0.39 is 0 Å². The summed E-state index contributed by atoms with van der Waals surface area (Å²) in [6, 6.07) is 2.02. The molecule has 2 aromatic heterocycles. The molecular weight excluding hydrogens is 274 g/mol. The van der Waals surface area contributed by atoms with Crippen LogP contribution in [0.5, 0.6) is 0 Å². The molecule has 2 heterocycles. The second kappa shape index (κ2) is 5.75. The van der Waals surface area contributed by atoms with Crippen molar-refractivity contribution in [1.29, 1.82) is 5.26 Å². The number of rotatable bonds is 5. The molecule has 0 aliphatic heterocycles. The number of aromatic amines is 1. The summed E-state index contributed by atoms with van der Waals surface area (Å²) in [5.74, 6) is -0.0481. The van der Waals surface area contributed by atoms with E-state index in [0.29, 0.717) is 21.9 Å². The molecule has 0 aromatic carbocycles. The van der Waals surface area contributed by atoms with Gasteiger partial charge in [0.15, 0.2) is 5.78 Å². The Morgan fingerprint density at radius 1 is 1.70 bits per heavy atom. The molecule has 0 spiro atoms. The number of carbonyl (C=O) groups is 1. The number of hydrogen-bond donors (Lipinski definition) is 3. The number of nitrogens with one attached hydrogen (secondary N) is 2. The van der Waals surface area contributed by atoms with Gasteiger partial charge in [-0.1, -0.05) is 6.92 Å². The number of nitriles is 1. The highest BCUT2D eigenvalue weighted by Crippen LogP contribution is 2.37. The highest BCUT2D eigenvalue weighted by atomic mass is 32.1. The summed E-state index contributed by atoms with van der Waals surface area (Å²) in [5, 5.41) is 19.7. The maximum absolute atomic E-state index is 11.8. The van der Waals surface area contributed by atoms with Gasteiger partial charge in [0.05, 0.1) is 22.8 Å². The van der Waals surface area contributed by atoms with Gasteiger partial charge < -0.3 is 11.1 Å². The van der Waals surface area contributed by atoms with Gasteiger partial charge in [-0.05, 0) is 6.92 Å². The topological polar surface area (TPSA) is 108 Å². The fraction of sp³-hybridized carbons (Fsp3) is 0.308. The first kappa shape index (κ1) is 14.1. The lowest BCUT2D eigenvalue weighted by molar-refractivity contribution is 0.0993. The highest BCUT2D eigenvalue weighted by Gasteiger charge is 2.21. The van der Waals surface area contributed by atoms with E-state index in [9.17, 15) is 10.1 Å². The van der Waals surface area contributed by atoms with Crippen molar-refractivity contribution in [2.24, 2.45) is 0 Å². The third-order valence-electron chi connectivity index (χ3n) is 3.00. The molecule has 7 heteroatoms. The number of anilines is 2. The summed E-state index contributed by atoms with van der Waals surface area (Å²) in [5.41, 5.74) is 7.46. The predicted molar refractivity (Wildman–Crippen MR) is 78.7 cm³/mol. The SMILES string of the molecule is CCC(=O)c1sc(NC(C)c2cn[nH]c2)c(C#N)c1N. The molecule has 2 rings (SSSR count). The molecule has 4 N–H and O–H groups in total. The standard InChI is InChI=1S/C13H15N5OS/c1-3-10(19)12-11(15)9(4-14)13(20-12)18-7(2)8-5-16-17-6-8/h5-7,18H,3,15H2,1-2H3,(H,16,17). The van der Waals surface area contributed by atoms with Crippen LogP contribution in [0, 0.1) is 11.3 Å². The number of aromatic nitrogens is 2. The zero-order valence-electron chi connectivity index (χ0n) is 11.2. The minimum Gasteiger partial charge on any atom is -0.396 e. The summed E-state index contributed by atoms with van der Waals surface area (Å²) in [4.78, 5) is 12.3. The molecular formula is C13H15N5OS. The number of H-pyrrole nitrogens is 1. The number of Topliss-reactive ketones (excluding diaryl/α,β-unsaturated/α-hetero) is 1. The number of thiophene rings is 1. The fourth-order valence-electron chi connectivity index (χ4n) is 1.80. The first-order valence-corrected chi connectivity index (χ1v) is 7.00. The van der Waals surface area contributed by atoms with Crippen LogP contribution in [0.1, 0.15) is 47.1 Å². The van der Waals surface area contributed by atoms with Gasteiger partial charge in [0.2, 0.25) is 0 Å². The number of nitrogen functional groups attached to an aromatic ring is 1. The van der Waals surface area contributed by atoms with E-state index in [-0.39, 0.29) is 17.5 Å². The fourth-order valence-corrected chi connectivity index (χ4v) is 2.97. The van der Waals surface area contributed by atoms with E-state index in [2.05, 4.69) is 21.6 Å². The zero-order valence-corrected chi connectivity index (χ0v) is 12.0. The molecule has 0 aliphatic rings. The zero-order chi connectivity index (χ0) is 14.7. The number of hydrogen-bond acceptors (Lipinski definition) is 6. The monoisotopic (exact) mass is 289 g/mol. The number of carbonyl (C=O) groups excluding carboxylic acids is 1. The van der Waals surface area contributed by atoms with Crippen LogP contribution >= 0.6 is 11.3 Å². The van der Waals surface area contributed by atoms with E-state index >= 15 is 0 Å². The van der Waals surface area contributed by atoms with E-state index in [1.165, 1.54) is 11.3 Å². The van der Waals surface area contributed by atoms with Crippen LogP contribution in [0.25, 0.3) is 0 Å². The van der Waals surface area contributed by atoms with Crippen LogP contribution in [0.2, 0.25) is 0 Å². The highest BCUT2D eigenvalue weighted by molar-refractivity contribution is 7.19. The molecule has 0 saturated heterocycles. The van der Waals surface area contributed by atoms with Crippen LogP contribution in [0.15, 0.2) is 12.4 Å². The molecule has 0 aliphatic carbocycles. The normalized spacial score (nSPS) is 11.8. The lowest BCUT2D eigenvalue weighted by Crippen LogP contribution is -2.05. The lowest BCUT2D eigenvalue weighted by Gasteiger charge is -2.11. The third kappa shape index (κ3) is 2.51. The molecule has 2 aromatic rings. The Kier molecular flexibility index (Phi) is 4.05. The van der Waals surface area contributed by atoms with Crippen LogP contribution < -0.4 is 11.1 Å². The average Bonchev–Trinajstić information content (AvgIpc) is 3.06. The Labute approximate surface area is 120 Å². The second-order valence-electron chi connectivity index (χ2n) is 4.34. The van der Waals surface area contributed by atoms with Crippen molar-refractivity contribution >= 4 is 27.8 Å². The van der Waals surface area contributed by atoms with Crippen molar-refractivity contribution in [2.45, 2.75) is 26.3 Å². The summed E-state index contributed by atoms with van der Waals surface area (Å²) >= 11 is 1.23. The molecule has 0 fully saturated rings. The molecule has 20 heavy (non-hydrogen) atoms. The van der Waals surface area contributed by atoms with E-state index in [1.54, 1.807) is 19.3 Å². The van der Waals surface area contributed by atoms with E-state index in [4.69, 9.17) is 5.73 Å². The lowest BCUT2D eigenvalue weighted by atomic mass is 10.1. The van der Waals surface area contributed by atoms with Crippen molar-refractivity contribution in [3.8, 4) is 6.07 Å². The van der Waals surface area contributed by atoms with Crippen LogP contribution in [-0.4, -0.2) is 16.0 Å². The van der Waals surface area contributed by atoms with Gasteiger partial charge in [0.25, 0.3) is 0 Å². The summed E-state index contributed by atoms with van der Waals surface area (Å²) in [6.07, 6.45) is 3.85. The quantitative estimate of drug-likeness (QED) is 0.733. The summed E-state index contributed by atoms with van der Waals surface area (Å²) in [6.45, 7) is 3.72. The van der Waals surface area contributed by atoms with Crippen LogP contribution in [-0.2, 0) is 0 Å². The number of ketones is 1. The molecule has 6 nitrogen and oxygen atoms in total. The van der Waals surface area contributed by atoms with Crippen LogP contribution in [0.3, 0.4) is 0 Å². The first-order chi connectivity index (χ1) is 9.58. The second-order valence-corrected chi connectivity index (χ2v) is 5.36. The van der Waals surface area contributed by atoms with Gasteiger partial charge >= 0.3 is 0 Å². The van der Waals surface area contributed by atoms with Crippen molar-refractivity contribution in [3.05, 3.63) is 28.4 Å². The van der Waals surface area contributed by atoms with Crippen LogP contribution in [0.4, 0.5) is 10.7 Å². The largest absolute Gasteiger partial charge is 0.396 e. The average molecular weight is 289 g/mol. The minimum absolute atomic E-state index is 0.0384. The van der Waals surface area contributed by atoms with Gasteiger partial charge in [-0.15, -0.1) is 11.3 Å². The summed E-state index contributed by atoms with van der Waals surface area (Å²) in [7, 11) is 0. The van der Waals surface area contributed by atoms with Crippen molar-refractivity contribution in [3.63, 3.8) is 0 Å². The molecule has 1 unspecified atom stereocenters. The molecule has 1 atom stereocenters. The van der Waals surface area contributed by atoms with Gasteiger partial charge in [-0.3, -0.25) is 9.89 Å². The molecule has 0 saturated carbocycles. The Morgan fingerprint density at radius 3 is 3.00 bits per heavy atom. The molecule has 0 radical (unpaired) electrons. The Bertz CT molecular complexity index is 653.